The van der Waals surface area contributed by atoms with Gasteiger partial charge in [0, 0.05) is 31.9 Å². The molecule has 2 heterocycles. The van der Waals surface area contributed by atoms with Crippen LogP contribution >= 0.6 is 0 Å². The molecule has 0 radical (unpaired) electrons. The quantitative estimate of drug-likeness (QED) is 0.871. The van der Waals surface area contributed by atoms with E-state index in [0.717, 1.165) is 18.9 Å². The highest BCUT2D eigenvalue weighted by Crippen LogP contribution is 2.27. The maximum Gasteiger partial charge on any atom is 0.255 e. The van der Waals surface area contributed by atoms with Gasteiger partial charge in [-0.2, -0.15) is 0 Å². The summed E-state index contributed by atoms with van der Waals surface area (Å²) in [5, 5.41) is 3.20. The van der Waals surface area contributed by atoms with Gasteiger partial charge in [0.15, 0.2) is 0 Å². The summed E-state index contributed by atoms with van der Waals surface area (Å²) in [6.45, 7) is 2.48. The number of hydrogen-bond acceptors (Lipinski definition) is 4. The summed E-state index contributed by atoms with van der Waals surface area (Å²) in [5.41, 5.74) is 6.66. The van der Waals surface area contributed by atoms with Gasteiger partial charge in [-0.15, -0.1) is 0 Å². The van der Waals surface area contributed by atoms with Crippen LogP contribution in [0.15, 0.2) is 18.3 Å². The molecular weight excluding hydrogens is 300 g/mol. The van der Waals surface area contributed by atoms with E-state index in [9.17, 15) is 4.79 Å². The zero-order chi connectivity index (χ0) is 16.8. The third kappa shape index (κ3) is 4.07. The van der Waals surface area contributed by atoms with Crippen molar-refractivity contribution >= 4 is 11.7 Å². The molecule has 5 heteroatoms. The summed E-state index contributed by atoms with van der Waals surface area (Å²) in [6.07, 6.45) is 11.6. The monoisotopic (exact) mass is 330 g/mol. The van der Waals surface area contributed by atoms with Crippen LogP contribution in [0.4, 0.5) is 5.82 Å². The van der Waals surface area contributed by atoms with E-state index < -0.39 is 0 Å². The van der Waals surface area contributed by atoms with Crippen molar-refractivity contribution in [1.82, 2.24) is 10.3 Å². The predicted octanol–water partition coefficient (Wildman–Crippen LogP) is 2.71. The minimum Gasteiger partial charge on any atom is -0.356 e. The normalized spacial score (nSPS) is 20.6. The second-order valence-corrected chi connectivity index (χ2v) is 7.14. The highest BCUT2D eigenvalue weighted by molar-refractivity contribution is 5.99. The largest absolute Gasteiger partial charge is 0.356 e. The number of carbonyl (C=O) groups excluding carboxylic acids is 1. The predicted molar refractivity (Wildman–Crippen MR) is 97.2 cm³/mol. The number of aromatic nitrogens is 1. The topological polar surface area (TPSA) is 71.2 Å². The van der Waals surface area contributed by atoms with Crippen LogP contribution in [0.25, 0.3) is 0 Å². The van der Waals surface area contributed by atoms with E-state index in [4.69, 9.17) is 5.73 Å². The fraction of sp³-hybridized carbons (Fsp3) is 0.684. The fourth-order valence-corrected chi connectivity index (χ4v) is 4.08. The fourth-order valence-electron chi connectivity index (χ4n) is 4.08. The zero-order valence-electron chi connectivity index (χ0n) is 14.5. The van der Waals surface area contributed by atoms with E-state index in [1.807, 2.05) is 12.1 Å². The minimum absolute atomic E-state index is 0.0234. The van der Waals surface area contributed by atoms with Gasteiger partial charge in [0.25, 0.3) is 5.91 Å². The first kappa shape index (κ1) is 17.2. The molecule has 1 amide bonds. The highest BCUT2D eigenvalue weighted by atomic mass is 16.1. The SMILES string of the molecule is NCC(NC(=O)c1cccnc1N1CCCCC1)C1CCCCC1. The number of nitrogens with two attached hydrogens (primary N) is 1. The molecular formula is C19H30N4O. The summed E-state index contributed by atoms with van der Waals surface area (Å²) in [4.78, 5) is 19.6. The van der Waals surface area contributed by atoms with Crippen molar-refractivity contribution in [2.75, 3.05) is 24.5 Å². The molecule has 1 aliphatic heterocycles. The summed E-state index contributed by atoms with van der Waals surface area (Å²) >= 11 is 0. The van der Waals surface area contributed by atoms with Gasteiger partial charge in [-0.1, -0.05) is 19.3 Å². The van der Waals surface area contributed by atoms with E-state index in [-0.39, 0.29) is 11.9 Å². The highest BCUT2D eigenvalue weighted by Gasteiger charge is 2.26. The summed E-state index contributed by atoms with van der Waals surface area (Å²) < 4.78 is 0. The minimum atomic E-state index is -0.0234. The summed E-state index contributed by atoms with van der Waals surface area (Å²) in [6, 6.07) is 3.81. The van der Waals surface area contributed by atoms with E-state index in [0.29, 0.717) is 18.0 Å². The van der Waals surface area contributed by atoms with Gasteiger partial charge in [-0.25, -0.2) is 4.98 Å². The molecule has 3 N–H and O–H groups in total. The average molecular weight is 330 g/mol. The first-order valence-electron chi connectivity index (χ1n) is 9.50. The number of anilines is 1. The molecule has 0 bridgehead atoms. The van der Waals surface area contributed by atoms with Crippen LogP contribution in [-0.2, 0) is 0 Å². The number of amides is 1. The van der Waals surface area contributed by atoms with Gasteiger partial charge in [-0.05, 0) is 50.2 Å². The molecule has 1 aromatic heterocycles. The van der Waals surface area contributed by atoms with Gasteiger partial charge in [-0.3, -0.25) is 4.79 Å². The van der Waals surface area contributed by atoms with E-state index in [2.05, 4.69) is 15.2 Å². The molecule has 1 saturated carbocycles. The molecule has 132 valence electrons. The van der Waals surface area contributed by atoms with Gasteiger partial charge in [0.2, 0.25) is 0 Å². The van der Waals surface area contributed by atoms with Crippen molar-refractivity contribution in [3.8, 4) is 0 Å². The van der Waals surface area contributed by atoms with E-state index in [1.165, 1.54) is 51.4 Å². The second-order valence-electron chi connectivity index (χ2n) is 7.14. The first-order valence-corrected chi connectivity index (χ1v) is 9.50. The van der Waals surface area contributed by atoms with Crippen LogP contribution in [0.2, 0.25) is 0 Å². The van der Waals surface area contributed by atoms with Crippen LogP contribution in [0, 0.1) is 5.92 Å². The lowest BCUT2D eigenvalue weighted by Gasteiger charge is -2.31. The van der Waals surface area contributed by atoms with Crippen molar-refractivity contribution in [3.05, 3.63) is 23.9 Å². The molecule has 24 heavy (non-hydrogen) atoms. The average Bonchev–Trinajstić information content (AvgIpc) is 2.67. The van der Waals surface area contributed by atoms with Gasteiger partial charge >= 0.3 is 0 Å². The Morgan fingerprint density at radius 1 is 1.21 bits per heavy atom. The Kier molecular flexibility index (Phi) is 6.07. The Balaban J connectivity index is 1.71. The number of rotatable bonds is 5. The van der Waals surface area contributed by atoms with Crippen LogP contribution in [0.5, 0.6) is 0 Å². The third-order valence-electron chi connectivity index (χ3n) is 5.48. The van der Waals surface area contributed by atoms with Crippen molar-refractivity contribution in [2.24, 2.45) is 11.7 Å². The van der Waals surface area contributed by atoms with Gasteiger partial charge in [0.05, 0.1) is 5.56 Å². The van der Waals surface area contributed by atoms with Crippen LogP contribution in [0.3, 0.4) is 0 Å². The Labute approximate surface area is 145 Å². The maximum atomic E-state index is 12.9. The number of carbonyl (C=O) groups is 1. The molecule has 1 atom stereocenters. The van der Waals surface area contributed by atoms with Crippen LogP contribution < -0.4 is 16.0 Å². The van der Waals surface area contributed by atoms with Crippen molar-refractivity contribution in [3.63, 3.8) is 0 Å². The van der Waals surface area contributed by atoms with Crippen molar-refractivity contribution in [2.45, 2.75) is 57.4 Å². The summed E-state index contributed by atoms with van der Waals surface area (Å²) in [7, 11) is 0. The molecule has 1 unspecified atom stereocenters. The number of piperidine rings is 1. The molecule has 3 rings (SSSR count). The van der Waals surface area contributed by atoms with E-state index in [1.54, 1.807) is 6.20 Å². The van der Waals surface area contributed by atoms with Crippen LogP contribution in [0.1, 0.15) is 61.7 Å². The first-order chi connectivity index (χ1) is 11.8. The number of nitrogens with zero attached hydrogens (tertiary/aromatic N) is 2. The molecule has 2 aliphatic rings. The molecule has 1 aromatic rings. The van der Waals surface area contributed by atoms with Gasteiger partial charge in [0.1, 0.15) is 5.82 Å². The van der Waals surface area contributed by atoms with Crippen molar-refractivity contribution in [1.29, 1.82) is 0 Å². The zero-order valence-corrected chi connectivity index (χ0v) is 14.5. The van der Waals surface area contributed by atoms with Crippen LogP contribution in [-0.4, -0.2) is 36.6 Å². The molecule has 1 saturated heterocycles. The standard InChI is InChI=1S/C19H30N4O/c20-14-17(15-8-3-1-4-9-15)22-19(24)16-10-7-11-21-18(16)23-12-5-2-6-13-23/h7,10-11,15,17H,1-6,8-9,12-14,20H2,(H,22,24). The maximum absolute atomic E-state index is 12.9. The second kappa shape index (κ2) is 8.47. The lowest BCUT2D eigenvalue weighted by molar-refractivity contribution is 0.0915. The lowest BCUT2D eigenvalue weighted by atomic mass is 9.84. The number of pyridine rings is 1. The molecule has 0 aromatic carbocycles. The Morgan fingerprint density at radius 2 is 1.92 bits per heavy atom. The molecule has 5 nitrogen and oxygen atoms in total. The molecule has 1 aliphatic carbocycles. The molecule has 2 fully saturated rings. The Morgan fingerprint density at radius 3 is 2.62 bits per heavy atom. The summed E-state index contributed by atoms with van der Waals surface area (Å²) in [5.74, 6) is 1.32. The third-order valence-corrected chi connectivity index (χ3v) is 5.48. The van der Waals surface area contributed by atoms with Crippen molar-refractivity contribution < 1.29 is 4.79 Å². The lowest BCUT2D eigenvalue weighted by Crippen LogP contribution is -2.46. The molecule has 0 spiro atoms. The number of nitrogens with one attached hydrogen (secondary N) is 1. The van der Waals surface area contributed by atoms with E-state index >= 15 is 0 Å². The smallest absolute Gasteiger partial charge is 0.255 e. The number of hydrogen-bond donors (Lipinski definition) is 2. The Bertz CT molecular complexity index is 536. The van der Waals surface area contributed by atoms with Gasteiger partial charge < -0.3 is 16.0 Å². The Hall–Kier alpha value is -1.62.